The van der Waals surface area contributed by atoms with Crippen molar-refractivity contribution in [1.82, 2.24) is 10.3 Å². The number of benzene rings is 1. The Kier molecular flexibility index (Phi) is 6.49. The van der Waals surface area contributed by atoms with Gasteiger partial charge in [-0.05, 0) is 56.4 Å². The number of aromatic nitrogens is 1. The first-order valence-electron chi connectivity index (χ1n) is 9.64. The summed E-state index contributed by atoms with van der Waals surface area (Å²) in [7, 11) is 0. The molecule has 1 aromatic carbocycles. The monoisotopic (exact) mass is 362 g/mol. The highest BCUT2D eigenvalue weighted by Crippen LogP contribution is 2.28. The fourth-order valence-electron chi connectivity index (χ4n) is 2.73. The maximum atomic E-state index is 11.8. The van der Waals surface area contributed by atoms with Gasteiger partial charge in [0, 0.05) is 35.3 Å². The SMILES string of the molecule is CCCOc1ccc(C#Cc2ccc(CC(C)NC(=O)C3CC3)cc2)cn1. The molecule has 1 amide bonds. The van der Waals surface area contributed by atoms with Gasteiger partial charge in [0.15, 0.2) is 0 Å². The largest absolute Gasteiger partial charge is 0.478 e. The van der Waals surface area contributed by atoms with E-state index in [1.807, 2.05) is 24.3 Å². The first-order chi connectivity index (χ1) is 13.1. The van der Waals surface area contributed by atoms with E-state index in [9.17, 15) is 4.79 Å². The molecule has 1 atom stereocenters. The van der Waals surface area contributed by atoms with Gasteiger partial charge in [-0.15, -0.1) is 0 Å². The van der Waals surface area contributed by atoms with Crippen molar-refractivity contribution in [1.29, 1.82) is 0 Å². The second kappa shape index (κ2) is 9.23. The fourth-order valence-corrected chi connectivity index (χ4v) is 2.73. The minimum absolute atomic E-state index is 0.148. The number of hydrogen-bond donors (Lipinski definition) is 1. The highest BCUT2D eigenvalue weighted by molar-refractivity contribution is 5.81. The Morgan fingerprint density at radius 2 is 1.89 bits per heavy atom. The van der Waals surface area contributed by atoms with E-state index in [0.29, 0.717) is 12.5 Å². The van der Waals surface area contributed by atoms with Gasteiger partial charge >= 0.3 is 0 Å². The van der Waals surface area contributed by atoms with Crippen LogP contribution in [0.3, 0.4) is 0 Å². The number of amides is 1. The molecule has 140 valence electrons. The Labute approximate surface area is 161 Å². The molecule has 2 aromatic rings. The predicted molar refractivity (Wildman–Crippen MR) is 106 cm³/mol. The Hall–Kier alpha value is -2.80. The van der Waals surface area contributed by atoms with Crippen LogP contribution < -0.4 is 10.1 Å². The average molecular weight is 362 g/mol. The summed E-state index contributed by atoms with van der Waals surface area (Å²) in [6, 6.07) is 12.1. The maximum absolute atomic E-state index is 11.8. The molecule has 1 saturated carbocycles. The number of nitrogens with zero attached hydrogens (tertiary/aromatic N) is 1. The summed E-state index contributed by atoms with van der Waals surface area (Å²) in [5.41, 5.74) is 3.02. The summed E-state index contributed by atoms with van der Waals surface area (Å²) in [4.78, 5) is 16.1. The molecule has 1 unspecified atom stereocenters. The lowest BCUT2D eigenvalue weighted by Gasteiger charge is -2.13. The number of nitrogens with one attached hydrogen (secondary N) is 1. The molecular weight excluding hydrogens is 336 g/mol. The second-order valence-electron chi connectivity index (χ2n) is 7.07. The van der Waals surface area contributed by atoms with Crippen LogP contribution in [0.2, 0.25) is 0 Å². The topological polar surface area (TPSA) is 51.2 Å². The molecule has 0 spiro atoms. The number of ether oxygens (including phenoxy) is 1. The lowest BCUT2D eigenvalue weighted by atomic mass is 10.0. The molecule has 1 heterocycles. The molecule has 0 radical (unpaired) electrons. The van der Waals surface area contributed by atoms with Gasteiger partial charge in [-0.3, -0.25) is 4.79 Å². The molecule has 4 nitrogen and oxygen atoms in total. The third kappa shape index (κ3) is 6.14. The van der Waals surface area contributed by atoms with Crippen LogP contribution in [0.4, 0.5) is 0 Å². The molecular formula is C23H26N2O2. The molecule has 4 heteroatoms. The summed E-state index contributed by atoms with van der Waals surface area (Å²) >= 11 is 0. The third-order valence-corrected chi connectivity index (χ3v) is 4.37. The Balaban J connectivity index is 1.53. The number of carbonyl (C=O) groups is 1. The molecule has 0 bridgehead atoms. The summed E-state index contributed by atoms with van der Waals surface area (Å²) in [6.07, 6.45) is 5.60. The quantitative estimate of drug-likeness (QED) is 0.764. The van der Waals surface area contributed by atoms with Crippen molar-refractivity contribution < 1.29 is 9.53 Å². The number of hydrogen-bond acceptors (Lipinski definition) is 3. The summed E-state index contributed by atoms with van der Waals surface area (Å²) in [5, 5.41) is 3.08. The predicted octanol–water partition coefficient (Wildman–Crippen LogP) is 3.73. The second-order valence-corrected chi connectivity index (χ2v) is 7.07. The first kappa shape index (κ1) is 19.0. The highest BCUT2D eigenvalue weighted by Gasteiger charge is 2.30. The Morgan fingerprint density at radius 1 is 1.19 bits per heavy atom. The van der Waals surface area contributed by atoms with E-state index in [4.69, 9.17) is 4.74 Å². The normalized spacial score (nSPS) is 14.0. The standard InChI is InChI=1S/C23H26N2O2/c1-3-14-27-22-13-10-20(16-24-22)9-6-18-4-7-19(8-5-18)15-17(2)25-23(26)21-11-12-21/h4-5,7-8,10,13,16-17,21H,3,11-12,14-15H2,1-2H3,(H,25,26). The molecule has 3 rings (SSSR count). The zero-order valence-corrected chi connectivity index (χ0v) is 16.0. The molecule has 1 fully saturated rings. The van der Waals surface area contributed by atoms with Crippen LogP contribution in [-0.2, 0) is 11.2 Å². The summed E-state index contributed by atoms with van der Waals surface area (Å²) in [6.45, 7) is 4.79. The molecule has 1 aliphatic carbocycles. The van der Waals surface area contributed by atoms with E-state index >= 15 is 0 Å². The van der Waals surface area contributed by atoms with E-state index < -0.39 is 0 Å². The molecule has 1 N–H and O–H groups in total. The van der Waals surface area contributed by atoms with Crippen LogP contribution in [0.15, 0.2) is 42.6 Å². The molecule has 0 aliphatic heterocycles. The smallest absolute Gasteiger partial charge is 0.223 e. The van der Waals surface area contributed by atoms with Crippen LogP contribution in [0.5, 0.6) is 5.88 Å². The summed E-state index contributed by atoms with van der Waals surface area (Å²) in [5.74, 6) is 7.37. The van der Waals surface area contributed by atoms with Crippen molar-refractivity contribution in [2.45, 2.75) is 45.6 Å². The molecule has 1 aliphatic rings. The van der Waals surface area contributed by atoms with Crippen molar-refractivity contribution in [3.05, 3.63) is 59.3 Å². The first-order valence-corrected chi connectivity index (χ1v) is 9.64. The van der Waals surface area contributed by atoms with Crippen LogP contribution in [-0.4, -0.2) is 23.5 Å². The van der Waals surface area contributed by atoms with E-state index in [-0.39, 0.29) is 17.9 Å². The average Bonchev–Trinajstić information content (AvgIpc) is 3.52. The van der Waals surface area contributed by atoms with Crippen LogP contribution in [0.25, 0.3) is 0 Å². The van der Waals surface area contributed by atoms with Gasteiger partial charge in [0.2, 0.25) is 11.8 Å². The molecule has 0 saturated heterocycles. The van der Waals surface area contributed by atoms with Gasteiger partial charge in [0.1, 0.15) is 0 Å². The van der Waals surface area contributed by atoms with Crippen molar-refractivity contribution in [2.24, 2.45) is 5.92 Å². The van der Waals surface area contributed by atoms with E-state index in [1.54, 1.807) is 6.20 Å². The maximum Gasteiger partial charge on any atom is 0.223 e. The van der Waals surface area contributed by atoms with Gasteiger partial charge < -0.3 is 10.1 Å². The van der Waals surface area contributed by atoms with Gasteiger partial charge in [-0.2, -0.15) is 0 Å². The van der Waals surface area contributed by atoms with Gasteiger partial charge in [-0.25, -0.2) is 4.98 Å². The Morgan fingerprint density at radius 3 is 2.52 bits per heavy atom. The van der Waals surface area contributed by atoms with Crippen molar-refractivity contribution >= 4 is 5.91 Å². The van der Waals surface area contributed by atoms with E-state index in [2.05, 4.69) is 48.1 Å². The van der Waals surface area contributed by atoms with Gasteiger partial charge in [0.05, 0.1) is 6.61 Å². The van der Waals surface area contributed by atoms with E-state index in [1.165, 1.54) is 5.56 Å². The fraction of sp³-hybridized carbons (Fsp3) is 0.391. The number of rotatable bonds is 7. The lowest BCUT2D eigenvalue weighted by molar-refractivity contribution is -0.122. The molecule has 1 aromatic heterocycles. The minimum atomic E-state index is 0.148. The highest BCUT2D eigenvalue weighted by atomic mass is 16.5. The number of carbonyl (C=O) groups excluding carboxylic acids is 1. The van der Waals surface area contributed by atoms with Crippen LogP contribution >= 0.6 is 0 Å². The summed E-state index contributed by atoms with van der Waals surface area (Å²) < 4.78 is 5.47. The van der Waals surface area contributed by atoms with Crippen LogP contribution in [0, 0.1) is 17.8 Å². The third-order valence-electron chi connectivity index (χ3n) is 4.37. The van der Waals surface area contributed by atoms with Crippen molar-refractivity contribution in [2.75, 3.05) is 6.61 Å². The minimum Gasteiger partial charge on any atom is -0.478 e. The van der Waals surface area contributed by atoms with Crippen LogP contribution in [0.1, 0.15) is 49.8 Å². The lowest BCUT2D eigenvalue weighted by Crippen LogP contribution is -2.35. The Bertz CT molecular complexity index is 812. The van der Waals surface area contributed by atoms with Crippen molar-refractivity contribution in [3.8, 4) is 17.7 Å². The van der Waals surface area contributed by atoms with Crippen molar-refractivity contribution in [3.63, 3.8) is 0 Å². The van der Waals surface area contributed by atoms with Gasteiger partial charge in [0.25, 0.3) is 0 Å². The molecule has 27 heavy (non-hydrogen) atoms. The zero-order valence-electron chi connectivity index (χ0n) is 16.0. The number of pyridine rings is 1. The van der Waals surface area contributed by atoms with Gasteiger partial charge in [-0.1, -0.05) is 30.9 Å². The van der Waals surface area contributed by atoms with E-state index in [0.717, 1.165) is 36.8 Å². The zero-order chi connectivity index (χ0) is 19.1.